The number of aromatic amines is 2. The van der Waals surface area contributed by atoms with Crippen LogP contribution in [0.1, 0.15) is 47.1 Å². The Morgan fingerprint density at radius 3 is 2.74 bits per heavy atom. The van der Waals surface area contributed by atoms with Gasteiger partial charge in [-0.25, -0.2) is 0 Å². The minimum atomic E-state index is -0.279. The van der Waals surface area contributed by atoms with Crippen LogP contribution in [0, 0.1) is 5.41 Å². The molecule has 1 saturated heterocycles. The summed E-state index contributed by atoms with van der Waals surface area (Å²) in [6.07, 6.45) is 2.86. The molecule has 3 aromatic heterocycles. The van der Waals surface area contributed by atoms with Gasteiger partial charge in [-0.05, 0) is 47.9 Å². The van der Waals surface area contributed by atoms with Gasteiger partial charge in [-0.1, -0.05) is 36.9 Å². The number of fused-ring (bicyclic) bond motifs is 2. The lowest BCUT2D eigenvalue weighted by atomic mass is 9.73. The van der Waals surface area contributed by atoms with Crippen molar-refractivity contribution in [1.82, 2.24) is 25.1 Å². The van der Waals surface area contributed by atoms with Crippen molar-refractivity contribution in [1.29, 1.82) is 0 Å². The van der Waals surface area contributed by atoms with E-state index in [9.17, 15) is 9.90 Å². The molecule has 1 spiro atoms. The van der Waals surface area contributed by atoms with E-state index in [2.05, 4.69) is 60.9 Å². The van der Waals surface area contributed by atoms with Crippen molar-refractivity contribution in [3.63, 3.8) is 0 Å². The van der Waals surface area contributed by atoms with Gasteiger partial charge >= 0.3 is 0 Å². The Hall–Kier alpha value is -3.82. The number of pyridine rings is 1. The fraction of sp³-hybridized carbons (Fsp3) is 0.308. The molecule has 0 unspecified atom stereocenters. The molecule has 0 amide bonds. The van der Waals surface area contributed by atoms with Crippen LogP contribution in [-0.2, 0) is 13.0 Å². The van der Waals surface area contributed by atoms with Crippen molar-refractivity contribution in [2.45, 2.75) is 31.9 Å². The number of hydrogen-bond donors (Lipinski definition) is 4. The van der Waals surface area contributed by atoms with E-state index >= 15 is 0 Å². The number of aliphatic hydroxyl groups is 1. The Kier molecular flexibility index (Phi) is 5.05. The number of H-pyrrole nitrogens is 2. The molecule has 1 aliphatic carbocycles. The van der Waals surface area contributed by atoms with Crippen LogP contribution in [0.15, 0.2) is 53.8 Å². The molecule has 0 radical (unpaired) electrons. The third-order valence-corrected chi connectivity index (χ3v) is 7.64. The number of benzene rings is 1. The van der Waals surface area contributed by atoms with Gasteiger partial charge in [0.25, 0.3) is 5.56 Å². The van der Waals surface area contributed by atoms with Crippen LogP contribution in [-0.4, -0.2) is 43.3 Å². The van der Waals surface area contributed by atoms with Crippen molar-refractivity contribution >= 4 is 22.6 Å². The van der Waals surface area contributed by atoms with Gasteiger partial charge in [0, 0.05) is 24.7 Å². The monoisotopic (exact) mass is 469 g/mol. The second kappa shape index (κ2) is 8.14. The summed E-state index contributed by atoms with van der Waals surface area (Å²) in [4.78, 5) is 27.2. The standard InChI is InChI=1S/C26H27N7O2/c1-15(19-8-4-6-17(14-34)28-19)21-20-23(32-31-21)29-25(30-24(20)35)33-11-9-26(10-12-33)13-16-5-2-3-7-18(16)22(26)27/h2-8,22,34H,1,9-14,27H2,(H2,29,30,31,32,35)/t22-/m1/s1. The quantitative estimate of drug-likeness (QED) is 0.360. The largest absolute Gasteiger partial charge is 0.390 e. The zero-order valence-electron chi connectivity index (χ0n) is 19.3. The summed E-state index contributed by atoms with van der Waals surface area (Å²) in [5.41, 5.74) is 11.5. The third kappa shape index (κ3) is 3.46. The van der Waals surface area contributed by atoms with E-state index < -0.39 is 0 Å². The molecule has 0 bridgehead atoms. The van der Waals surface area contributed by atoms with Crippen LogP contribution in [0.25, 0.3) is 16.6 Å². The van der Waals surface area contributed by atoms with Gasteiger partial charge in [-0.2, -0.15) is 10.1 Å². The lowest BCUT2D eigenvalue weighted by Gasteiger charge is -2.42. The van der Waals surface area contributed by atoms with Gasteiger partial charge in [0.2, 0.25) is 5.95 Å². The lowest BCUT2D eigenvalue weighted by molar-refractivity contribution is 0.187. The normalized spacial score (nSPS) is 18.8. The maximum Gasteiger partial charge on any atom is 0.264 e. The second-order valence-electron chi connectivity index (χ2n) is 9.54. The summed E-state index contributed by atoms with van der Waals surface area (Å²) in [6.45, 7) is 5.44. The molecule has 5 N–H and O–H groups in total. The number of piperidine rings is 1. The second-order valence-corrected chi connectivity index (χ2v) is 9.54. The highest BCUT2D eigenvalue weighted by atomic mass is 16.3. The number of nitrogens with zero attached hydrogens (tertiary/aromatic N) is 4. The SMILES string of the molecule is C=C(c1cccc(CO)n1)c1[nH]nc2nc(N3CCC4(CC3)Cc3ccccc3[C@H]4N)[nH]c(=O)c12. The highest BCUT2D eigenvalue weighted by molar-refractivity contribution is 5.91. The first kappa shape index (κ1) is 21.7. The van der Waals surface area contributed by atoms with E-state index in [1.165, 1.54) is 11.1 Å². The van der Waals surface area contributed by atoms with Gasteiger partial charge in [0.15, 0.2) is 5.65 Å². The smallest absolute Gasteiger partial charge is 0.264 e. The van der Waals surface area contributed by atoms with Gasteiger partial charge < -0.3 is 15.7 Å². The van der Waals surface area contributed by atoms with Gasteiger partial charge in [-0.15, -0.1) is 0 Å². The summed E-state index contributed by atoms with van der Waals surface area (Å²) >= 11 is 0. The van der Waals surface area contributed by atoms with Crippen molar-refractivity contribution in [2.24, 2.45) is 11.1 Å². The lowest BCUT2D eigenvalue weighted by Crippen LogP contribution is -2.45. The predicted molar refractivity (Wildman–Crippen MR) is 134 cm³/mol. The summed E-state index contributed by atoms with van der Waals surface area (Å²) in [5.74, 6) is 0.519. The first-order valence-electron chi connectivity index (χ1n) is 11.8. The topological polar surface area (TPSA) is 137 Å². The molecule has 2 aliphatic rings. The Labute approximate surface area is 201 Å². The average Bonchev–Trinajstić information content (AvgIpc) is 3.44. The van der Waals surface area contributed by atoms with Gasteiger partial charge in [0.1, 0.15) is 5.39 Å². The molecule has 1 aliphatic heterocycles. The first-order valence-corrected chi connectivity index (χ1v) is 11.8. The fourth-order valence-electron chi connectivity index (χ4n) is 5.62. The van der Waals surface area contributed by atoms with Crippen molar-refractivity contribution in [3.8, 4) is 0 Å². The highest BCUT2D eigenvalue weighted by Crippen LogP contribution is 2.50. The van der Waals surface area contributed by atoms with E-state index in [0.717, 1.165) is 32.4 Å². The molecule has 1 aromatic carbocycles. The van der Waals surface area contributed by atoms with Crippen molar-refractivity contribution < 1.29 is 5.11 Å². The molecule has 1 fully saturated rings. The number of aliphatic hydroxyl groups excluding tert-OH is 1. The average molecular weight is 470 g/mol. The predicted octanol–water partition coefficient (Wildman–Crippen LogP) is 2.44. The molecule has 35 heavy (non-hydrogen) atoms. The van der Waals surface area contributed by atoms with Crippen LogP contribution in [0.4, 0.5) is 5.95 Å². The van der Waals surface area contributed by atoms with Gasteiger partial charge in [-0.3, -0.25) is 19.9 Å². The molecule has 178 valence electrons. The Bertz CT molecular complexity index is 1500. The maximum atomic E-state index is 13.1. The summed E-state index contributed by atoms with van der Waals surface area (Å²) < 4.78 is 0. The first-order chi connectivity index (χ1) is 17.0. The van der Waals surface area contributed by atoms with E-state index in [1.807, 2.05) is 0 Å². The number of nitrogens with one attached hydrogen (secondary N) is 2. The number of nitrogens with two attached hydrogens (primary N) is 1. The van der Waals surface area contributed by atoms with E-state index in [1.54, 1.807) is 18.2 Å². The van der Waals surface area contributed by atoms with Crippen LogP contribution < -0.4 is 16.2 Å². The van der Waals surface area contributed by atoms with Crippen LogP contribution in [0.2, 0.25) is 0 Å². The molecule has 9 nitrogen and oxygen atoms in total. The Balaban J connectivity index is 1.25. The highest BCUT2D eigenvalue weighted by Gasteiger charge is 2.46. The van der Waals surface area contributed by atoms with E-state index in [-0.39, 0.29) is 23.6 Å². The third-order valence-electron chi connectivity index (χ3n) is 7.64. The molecule has 4 heterocycles. The molecule has 0 saturated carbocycles. The summed E-state index contributed by atoms with van der Waals surface area (Å²) in [5, 5.41) is 16.9. The minimum Gasteiger partial charge on any atom is -0.390 e. The molecular formula is C26H27N7O2. The molecule has 9 heteroatoms. The molecule has 1 atom stereocenters. The molecule has 4 aromatic rings. The zero-order chi connectivity index (χ0) is 24.2. The molecule has 6 rings (SSSR count). The number of rotatable bonds is 4. The Morgan fingerprint density at radius 1 is 1.17 bits per heavy atom. The number of hydrogen-bond acceptors (Lipinski definition) is 7. The van der Waals surface area contributed by atoms with E-state index in [0.29, 0.717) is 39.6 Å². The van der Waals surface area contributed by atoms with E-state index in [4.69, 9.17) is 5.73 Å². The fourth-order valence-corrected chi connectivity index (χ4v) is 5.62. The Morgan fingerprint density at radius 2 is 1.97 bits per heavy atom. The zero-order valence-corrected chi connectivity index (χ0v) is 19.3. The van der Waals surface area contributed by atoms with Crippen molar-refractivity contribution in [2.75, 3.05) is 18.0 Å². The summed E-state index contributed by atoms with van der Waals surface area (Å²) in [7, 11) is 0. The summed E-state index contributed by atoms with van der Waals surface area (Å²) in [6, 6.07) is 13.8. The van der Waals surface area contributed by atoms with Gasteiger partial charge in [0.05, 0.1) is 23.7 Å². The van der Waals surface area contributed by atoms with Crippen LogP contribution in [0.3, 0.4) is 0 Å². The number of anilines is 1. The van der Waals surface area contributed by atoms with Crippen LogP contribution >= 0.6 is 0 Å². The number of aromatic nitrogens is 5. The van der Waals surface area contributed by atoms with Crippen molar-refractivity contribution in [3.05, 3.63) is 87.6 Å². The minimum absolute atomic E-state index is 0.0354. The van der Waals surface area contributed by atoms with Crippen LogP contribution in [0.5, 0.6) is 0 Å². The maximum absolute atomic E-state index is 13.1. The molecular weight excluding hydrogens is 442 g/mol.